The summed E-state index contributed by atoms with van der Waals surface area (Å²) in [5, 5.41) is 0. The Morgan fingerprint density at radius 3 is 2.33 bits per heavy atom. The highest BCUT2D eigenvalue weighted by Gasteiger charge is 2.31. The molecule has 2 heterocycles. The number of piperazine rings is 1. The maximum Gasteiger partial charge on any atom is 0.258 e. The van der Waals surface area contributed by atoms with E-state index in [0.29, 0.717) is 36.5 Å². The first kappa shape index (κ1) is 18.2. The van der Waals surface area contributed by atoms with Gasteiger partial charge in [0.05, 0.1) is 4.90 Å². The molecule has 1 amide bonds. The van der Waals surface area contributed by atoms with Crippen LogP contribution < -0.4 is 4.90 Å². The van der Waals surface area contributed by atoms with Gasteiger partial charge in [0.25, 0.3) is 5.91 Å². The summed E-state index contributed by atoms with van der Waals surface area (Å²) in [7, 11) is -1.50. The van der Waals surface area contributed by atoms with E-state index >= 15 is 0 Å². The molecule has 2 aliphatic heterocycles. The Labute approximate surface area is 160 Å². The number of rotatable bonds is 3. The molecular weight excluding hydrogens is 362 g/mol. The van der Waals surface area contributed by atoms with Crippen LogP contribution in [0.4, 0.5) is 5.69 Å². The number of likely N-dealkylation sites (N-methyl/N-ethyl adjacent to an activating group) is 1. The van der Waals surface area contributed by atoms with Crippen molar-refractivity contribution in [3.63, 3.8) is 0 Å². The topological polar surface area (TPSA) is 60.9 Å². The number of nitrogens with zero attached hydrogens (tertiary/aromatic N) is 3. The number of hydrogen-bond donors (Lipinski definition) is 0. The van der Waals surface area contributed by atoms with E-state index in [-0.39, 0.29) is 5.91 Å². The molecule has 7 heteroatoms. The third-order valence-corrected chi connectivity index (χ3v) is 7.21. The summed E-state index contributed by atoms with van der Waals surface area (Å²) in [6, 6.07) is 14.3. The molecule has 6 nitrogen and oxygen atoms in total. The van der Waals surface area contributed by atoms with Crippen molar-refractivity contribution >= 4 is 21.6 Å². The van der Waals surface area contributed by atoms with Crippen molar-refractivity contribution in [1.82, 2.24) is 9.21 Å². The molecule has 1 saturated heterocycles. The van der Waals surface area contributed by atoms with Crippen molar-refractivity contribution in [1.29, 1.82) is 0 Å². The highest BCUT2D eigenvalue weighted by Crippen LogP contribution is 2.32. The molecule has 142 valence electrons. The quantitative estimate of drug-likeness (QED) is 0.809. The Bertz CT molecular complexity index is 952. The Kier molecular flexibility index (Phi) is 4.75. The fourth-order valence-electron chi connectivity index (χ4n) is 3.66. The predicted octanol–water partition coefficient (Wildman–Crippen LogP) is 1.83. The molecule has 2 aromatic rings. The summed E-state index contributed by atoms with van der Waals surface area (Å²) in [5.74, 6) is -0.0518. The molecule has 0 aliphatic carbocycles. The zero-order valence-corrected chi connectivity index (χ0v) is 16.2. The van der Waals surface area contributed by atoms with Crippen LogP contribution in [0.5, 0.6) is 0 Å². The van der Waals surface area contributed by atoms with E-state index in [0.717, 1.165) is 24.3 Å². The van der Waals surface area contributed by atoms with Gasteiger partial charge in [0.2, 0.25) is 10.0 Å². The van der Waals surface area contributed by atoms with Gasteiger partial charge in [-0.15, -0.1) is 0 Å². The van der Waals surface area contributed by atoms with Crippen molar-refractivity contribution in [2.24, 2.45) is 0 Å². The molecule has 0 aromatic heterocycles. The first-order valence-electron chi connectivity index (χ1n) is 9.15. The molecule has 0 atom stereocenters. The maximum atomic E-state index is 13.0. The maximum absolute atomic E-state index is 13.0. The number of fused-ring (bicyclic) bond motifs is 1. The molecule has 0 radical (unpaired) electrons. The van der Waals surface area contributed by atoms with Crippen LogP contribution in [0.3, 0.4) is 0 Å². The average molecular weight is 385 g/mol. The van der Waals surface area contributed by atoms with Crippen LogP contribution in [0.25, 0.3) is 0 Å². The molecule has 0 saturated carbocycles. The van der Waals surface area contributed by atoms with Crippen LogP contribution in [0, 0.1) is 0 Å². The molecule has 1 fully saturated rings. The van der Waals surface area contributed by atoms with Gasteiger partial charge in [0.1, 0.15) is 0 Å². The SMILES string of the molecule is CN1CCN(S(=O)(=O)c2ccc3c(c2)CCN3C(=O)c2ccccc2)CC1. The number of anilines is 1. The van der Waals surface area contributed by atoms with E-state index < -0.39 is 10.0 Å². The van der Waals surface area contributed by atoms with Crippen LogP contribution in [-0.2, 0) is 16.4 Å². The lowest BCUT2D eigenvalue weighted by molar-refractivity contribution is 0.0989. The van der Waals surface area contributed by atoms with Crippen LogP contribution in [0.1, 0.15) is 15.9 Å². The second kappa shape index (κ2) is 7.07. The zero-order chi connectivity index (χ0) is 19.0. The standard InChI is InChI=1S/C20H23N3O3S/c1-21-11-13-22(14-12-21)27(25,26)18-7-8-19-17(15-18)9-10-23(19)20(24)16-5-3-2-4-6-16/h2-8,15H,9-14H2,1H3. The van der Waals surface area contributed by atoms with E-state index in [2.05, 4.69) is 4.90 Å². The van der Waals surface area contributed by atoms with Crippen LogP contribution in [-0.4, -0.2) is 63.3 Å². The van der Waals surface area contributed by atoms with E-state index in [9.17, 15) is 13.2 Å². The molecule has 4 rings (SSSR count). The Balaban J connectivity index is 1.59. The van der Waals surface area contributed by atoms with Gasteiger partial charge in [-0.2, -0.15) is 4.31 Å². The summed E-state index contributed by atoms with van der Waals surface area (Å²) in [4.78, 5) is 16.9. The van der Waals surface area contributed by atoms with Gasteiger partial charge in [-0.3, -0.25) is 4.79 Å². The number of sulfonamides is 1. The minimum Gasteiger partial charge on any atom is -0.308 e. The molecule has 2 aromatic carbocycles. The molecule has 27 heavy (non-hydrogen) atoms. The Morgan fingerprint density at radius 2 is 1.63 bits per heavy atom. The van der Waals surface area contributed by atoms with Crippen molar-refractivity contribution < 1.29 is 13.2 Å². The molecule has 0 bridgehead atoms. The van der Waals surface area contributed by atoms with Crippen LogP contribution in [0.15, 0.2) is 53.4 Å². The minimum absolute atomic E-state index is 0.0518. The molecule has 2 aliphatic rings. The molecule has 0 spiro atoms. The van der Waals surface area contributed by atoms with Gasteiger partial charge in [-0.25, -0.2) is 8.42 Å². The average Bonchev–Trinajstić information content (AvgIpc) is 3.11. The number of hydrogen-bond acceptors (Lipinski definition) is 4. The highest BCUT2D eigenvalue weighted by atomic mass is 32.2. The predicted molar refractivity (Wildman–Crippen MR) is 105 cm³/mol. The largest absolute Gasteiger partial charge is 0.308 e. The van der Waals surface area contributed by atoms with E-state index in [4.69, 9.17) is 0 Å². The summed E-state index contributed by atoms with van der Waals surface area (Å²) >= 11 is 0. The van der Waals surface area contributed by atoms with Gasteiger partial charge in [0.15, 0.2) is 0 Å². The lowest BCUT2D eigenvalue weighted by Gasteiger charge is -2.31. The summed E-state index contributed by atoms with van der Waals surface area (Å²) < 4.78 is 27.5. The second-order valence-electron chi connectivity index (χ2n) is 7.07. The van der Waals surface area contributed by atoms with Crippen molar-refractivity contribution in [2.45, 2.75) is 11.3 Å². The number of amides is 1. The monoisotopic (exact) mass is 385 g/mol. The molecular formula is C20H23N3O3S. The first-order valence-corrected chi connectivity index (χ1v) is 10.6. The number of carbonyl (C=O) groups is 1. The third-order valence-electron chi connectivity index (χ3n) is 5.31. The lowest BCUT2D eigenvalue weighted by atomic mass is 10.1. The fraction of sp³-hybridized carbons (Fsp3) is 0.350. The smallest absolute Gasteiger partial charge is 0.258 e. The summed E-state index contributed by atoms with van der Waals surface area (Å²) in [6.45, 7) is 3.07. The van der Waals surface area contributed by atoms with E-state index in [1.807, 2.05) is 25.2 Å². The van der Waals surface area contributed by atoms with Crippen molar-refractivity contribution in [3.8, 4) is 0 Å². The normalized spacial score (nSPS) is 18.5. The Morgan fingerprint density at radius 1 is 0.926 bits per heavy atom. The van der Waals surface area contributed by atoms with E-state index in [1.54, 1.807) is 39.5 Å². The van der Waals surface area contributed by atoms with Gasteiger partial charge in [-0.1, -0.05) is 18.2 Å². The number of benzene rings is 2. The van der Waals surface area contributed by atoms with Crippen LogP contribution in [0.2, 0.25) is 0 Å². The van der Waals surface area contributed by atoms with Gasteiger partial charge in [-0.05, 0) is 49.4 Å². The second-order valence-corrected chi connectivity index (χ2v) is 9.01. The lowest BCUT2D eigenvalue weighted by Crippen LogP contribution is -2.47. The summed E-state index contributed by atoms with van der Waals surface area (Å²) in [6.07, 6.45) is 0.667. The third kappa shape index (κ3) is 3.38. The molecule has 0 unspecified atom stereocenters. The summed E-state index contributed by atoms with van der Waals surface area (Å²) in [5.41, 5.74) is 2.36. The van der Waals surface area contributed by atoms with Crippen molar-refractivity contribution in [2.75, 3.05) is 44.7 Å². The van der Waals surface area contributed by atoms with E-state index in [1.165, 1.54) is 0 Å². The van der Waals surface area contributed by atoms with Crippen LogP contribution >= 0.6 is 0 Å². The van der Waals surface area contributed by atoms with Gasteiger partial charge in [0, 0.05) is 44.0 Å². The van der Waals surface area contributed by atoms with Gasteiger partial charge < -0.3 is 9.80 Å². The fourth-order valence-corrected chi connectivity index (χ4v) is 5.14. The zero-order valence-electron chi connectivity index (χ0n) is 15.3. The van der Waals surface area contributed by atoms with Crippen molar-refractivity contribution in [3.05, 3.63) is 59.7 Å². The highest BCUT2D eigenvalue weighted by molar-refractivity contribution is 7.89. The minimum atomic E-state index is -3.49. The first-order chi connectivity index (χ1) is 13.0. The van der Waals surface area contributed by atoms with Gasteiger partial charge >= 0.3 is 0 Å². The Hall–Kier alpha value is -2.22. The molecule has 0 N–H and O–H groups in total. The number of carbonyl (C=O) groups excluding carboxylic acids is 1.